The molecule has 3 atom stereocenters. The van der Waals surface area contributed by atoms with E-state index in [2.05, 4.69) is 28.6 Å². The smallest absolute Gasteiger partial charge is 0.258 e. The van der Waals surface area contributed by atoms with Crippen molar-refractivity contribution in [1.82, 2.24) is 20.5 Å². The topological polar surface area (TPSA) is 112 Å². The number of nitrogens with zero attached hydrogens (tertiary/aromatic N) is 2. The van der Waals surface area contributed by atoms with Crippen molar-refractivity contribution in [3.05, 3.63) is 40.5 Å². The number of β-amino-alcohol motifs (C(OH)–C–C–N with tert-alkyl or cyclic N) is 1. The zero-order chi connectivity index (χ0) is 26.9. The number of hydrogen-bond donors (Lipinski definition) is 3. The highest BCUT2D eigenvalue weighted by Crippen LogP contribution is 2.40. The first-order valence-electron chi connectivity index (χ1n) is 12.8. The predicted molar refractivity (Wildman–Crippen MR) is 139 cm³/mol. The third-order valence-electron chi connectivity index (χ3n) is 7.23. The maximum absolute atomic E-state index is 14.2. The van der Waals surface area contributed by atoms with Gasteiger partial charge in [0.1, 0.15) is 12.1 Å². The van der Waals surface area contributed by atoms with Gasteiger partial charge in [0.05, 0.1) is 22.2 Å². The number of likely N-dealkylation sites (tertiary alicyclic amines) is 1. The fourth-order valence-corrected chi connectivity index (χ4v) is 5.56. The van der Waals surface area contributed by atoms with Gasteiger partial charge in [-0.05, 0) is 54.9 Å². The molecule has 37 heavy (non-hydrogen) atoms. The van der Waals surface area contributed by atoms with Gasteiger partial charge < -0.3 is 20.6 Å². The molecule has 4 rings (SSSR count). The maximum atomic E-state index is 14.2. The van der Waals surface area contributed by atoms with Crippen molar-refractivity contribution in [3.8, 4) is 10.4 Å². The Balaban J connectivity index is 1.44. The lowest BCUT2D eigenvalue weighted by molar-refractivity contribution is -0.143. The SMILES string of the molecule is CCc1cc(-c2scnc2C)ccc1CNC(=O)[C@@H]1C[C@@H](O)CN1C(=O)[C@@H](NC(=O)C1(F)CC1)C(C)C. The summed E-state index contributed by atoms with van der Waals surface area (Å²) in [6, 6.07) is 4.28. The van der Waals surface area contributed by atoms with Crippen molar-refractivity contribution in [3.63, 3.8) is 0 Å². The molecule has 1 aliphatic heterocycles. The minimum Gasteiger partial charge on any atom is -0.391 e. The Labute approximate surface area is 220 Å². The Morgan fingerprint density at radius 1 is 1.27 bits per heavy atom. The summed E-state index contributed by atoms with van der Waals surface area (Å²) in [7, 11) is 0. The number of alkyl halides is 1. The summed E-state index contributed by atoms with van der Waals surface area (Å²) in [6.07, 6.45) is 0.335. The van der Waals surface area contributed by atoms with Gasteiger partial charge in [0.2, 0.25) is 11.8 Å². The van der Waals surface area contributed by atoms with E-state index in [0.29, 0.717) is 0 Å². The first-order chi connectivity index (χ1) is 17.5. The van der Waals surface area contributed by atoms with E-state index >= 15 is 0 Å². The van der Waals surface area contributed by atoms with Gasteiger partial charge in [0.25, 0.3) is 5.91 Å². The number of thiazole rings is 1. The first kappa shape index (κ1) is 27.2. The van der Waals surface area contributed by atoms with Gasteiger partial charge in [0.15, 0.2) is 5.67 Å². The molecule has 2 heterocycles. The van der Waals surface area contributed by atoms with Gasteiger partial charge in [0, 0.05) is 19.5 Å². The van der Waals surface area contributed by atoms with Crippen LogP contribution in [-0.4, -0.2) is 63.1 Å². The molecule has 1 aliphatic carbocycles. The summed E-state index contributed by atoms with van der Waals surface area (Å²) in [6.45, 7) is 7.82. The van der Waals surface area contributed by atoms with E-state index in [1.807, 2.05) is 24.6 Å². The highest BCUT2D eigenvalue weighted by Gasteiger charge is 2.52. The number of carbonyl (C=O) groups is 3. The average Bonchev–Trinajstić information content (AvgIpc) is 3.28. The van der Waals surface area contributed by atoms with Crippen LogP contribution in [0.3, 0.4) is 0 Å². The number of aromatic nitrogens is 1. The van der Waals surface area contributed by atoms with Gasteiger partial charge in [-0.15, -0.1) is 11.3 Å². The molecule has 0 unspecified atom stereocenters. The van der Waals surface area contributed by atoms with Crippen molar-refractivity contribution in [2.75, 3.05) is 6.54 Å². The minimum absolute atomic E-state index is 0.0140. The third-order valence-corrected chi connectivity index (χ3v) is 8.21. The molecule has 2 fully saturated rings. The van der Waals surface area contributed by atoms with Crippen LogP contribution < -0.4 is 10.6 Å². The van der Waals surface area contributed by atoms with Crippen molar-refractivity contribution < 1.29 is 23.9 Å². The number of hydrogen-bond acceptors (Lipinski definition) is 6. The van der Waals surface area contributed by atoms with E-state index in [-0.39, 0.29) is 44.2 Å². The molecule has 0 spiro atoms. The number of halogens is 1. The summed E-state index contributed by atoms with van der Waals surface area (Å²) >= 11 is 1.59. The highest BCUT2D eigenvalue weighted by molar-refractivity contribution is 7.13. The van der Waals surface area contributed by atoms with Gasteiger partial charge in [-0.2, -0.15) is 0 Å². The van der Waals surface area contributed by atoms with Gasteiger partial charge in [-0.25, -0.2) is 9.37 Å². The minimum atomic E-state index is -1.90. The molecule has 3 N–H and O–H groups in total. The molecule has 10 heteroatoms. The lowest BCUT2D eigenvalue weighted by Gasteiger charge is -2.30. The van der Waals surface area contributed by atoms with Crippen LogP contribution in [-0.2, 0) is 27.3 Å². The Kier molecular flexibility index (Phi) is 7.99. The van der Waals surface area contributed by atoms with Gasteiger partial charge in [-0.3, -0.25) is 14.4 Å². The Bertz CT molecular complexity index is 1180. The molecule has 1 saturated carbocycles. The predicted octanol–water partition coefficient (Wildman–Crippen LogP) is 2.90. The molecule has 8 nitrogen and oxygen atoms in total. The monoisotopic (exact) mass is 530 g/mol. The molecule has 0 radical (unpaired) electrons. The van der Waals surface area contributed by atoms with Crippen LogP contribution in [0.25, 0.3) is 10.4 Å². The fraction of sp³-hybridized carbons (Fsp3) is 0.556. The maximum Gasteiger partial charge on any atom is 0.258 e. The quantitative estimate of drug-likeness (QED) is 0.462. The molecule has 1 aromatic carbocycles. The number of benzene rings is 1. The van der Waals surface area contributed by atoms with E-state index in [4.69, 9.17) is 0 Å². The summed E-state index contributed by atoms with van der Waals surface area (Å²) in [5.74, 6) is -1.95. The summed E-state index contributed by atoms with van der Waals surface area (Å²) in [4.78, 5) is 45.6. The van der Waals surface area contributed by atoms with Crippen LogP contribution in [0.4, 0.5) is 4.39 Å². The molecule has 200 valence electrons. The zero-order valence-corrected chi connectivity index (χ0v) is 22.5. The van der Waals surface area contributed by atoms with Crippen LogP contribution in [0.15, 0.2) is 23.7 Å². The Hall–Kier alpha value is -2.85. The third kappa shape index (κ3) is 5.85. The van der Waals surface area contributed by atoms with Crippen LogP contribution >= 0.6 is 11.3 Å². The largest absolute Gasteiger partial charge is 0.391 e. The number of aryl methyl sites for hydroxylation is 2. The lowest BCUT2D eigenvalue weighted by Crippen LogP contribution is -2.56. The molecule has 2 aromatic rings. The highest BCUT2D eigenvalue weighted by atomic mass is 32.1. The van der Waals surface area contributed by atoms with E-state index in [1.54, 1.807) is 25.2 Å². The van der Waals surface area contributed by atoms with Gasteiger partial charge in [-0.1, -0.05) is 32.9 Å². The van der Waals surface area contributed by atoms with Crippen molar-refractivity contribution in [2.45, 2.75) is 83.8 Å². The Morgan fingerprint density at radius 3 is 2.59 bits per heavy atom. The molecule has 0 bridgehead atoms. The second-order valence-electron chi connectivity index (χ2n) is 10.4. The molecule has 3 amide bonds. The number of nitrogens with one attached hydrogen (secondary N) is 2. The van der Waals surface area contributed by atoms with Crippen molar-refractivity contribution in [2.24, 2.45) is 5.92 Å². The first-order valence-corrected chi connectivity index (χ1v) is 13.7. The van der Waals surface area contributed by atoms with E-state index < -0.39 is 35.7 Å². The fourth-order valence-electron chi connectivity index (χ4n) is 4.75. The molecule has 2 aliphatic rings. The second kappa shape index (κ2) is 10.9. The summed E-state index contributed by atoms with van der Waals surface area (Å²) in [5.41, 5.74) is 4.07. The van der Waals surface area contributed by atoms with Crippen LogP contribution in [0.2, 0.25) is 0 Å². The summed E-state index contributed by atoms with van der Waals surface area (Å²) < 4.78 is 14.2. The van der Waals surface area contributed by atoms with Crippen LogP contribution in [0, 0.1) is 12.8 Å². The second-order valence-corrected chi connectivity index (χ2v) is 11.2. The van der Waals surface area contributed by atoms with E-state index in [0.717, 1.165) is 33.7 Å². The van der Waals surface area contributed by atoms with Crippen molar-refractivity contribution in [1.29, 1.82) is 0 Å². The van der Waals surface area contributed by atoms with Crippen LogP contribution in [0.1, 0.15) is 56.9 Å². The van der Waals surface area contributed by atoms with Gasteiger partial charge >= 0.3 is 0 Å². The van der Waals surface area contributed by atoms with E-state index in [1.165, 1.54) is 4.90 Å². The van der Waals surface area contributed by atoms with E-state index in [9.17, 15) is 23.9 Å². The molecular formula is C27H35FN4O4S. The lowest BCUT2D eigenvalue weighted by atomic mass is 10.00. The molecule has 1 aromatic heterocycles. The molecular weight excluding hydrogens is 495 g/mol. The number of rotatable bonds is 9. The Morgan fingerprint density at radius 2 is 2.00 bits per heavy atom. The number of aliphatic hydroxyl groups excluding tert-OH is 1. The normalized spacial score (nSPS) is 21.1. The number of carbonyl (C=O) groups excluding carboxylic acids is 3. The number of amides is 3. The average molecular weight is 531 g/mol. The summed E-state index contributed by atoms with van der Waals surface area (Å²) in [5, 5.41) is 15.8. The zero-order valence-electron chi connectivity index (χ0n) is 21.7. The van der Waals surface area contributed by atoms with Crippen LogP contribution in [0.5, 0.6) is 0 Å². The molecule has 1 saturated heterocycles. The van der Waals surface area contributed by atoms with Crippen molar-refractivity contribution >= 4 is 29.1 Å². The standard InChI is InChI=1S/C27H35FN4O4S/c1-5-17-10-18(23-16(4)30-14-37-23)6-7-19(17)12-29-24(34)21-11-20(33)13-32(21)25(35)22(15(2)3)31-26(36)27(28)8-9-27/h6-7,10,14-15,20-22,33H,5,8-9,11-13H2,1-4H3,(H,29,34)(H,31,36)/t20-,21+,22+/m1/s1. The number of aliphatic hydroxyl groups is 1.